The monoisotopic (exact) mass is 288 g/mol. The van der Waals surface area contributed by atoms with Crippen LogP contribution in [0.1, 0.15) is 15.2 Å². The fraction of sp³-hybridized carbons (Fsp3) is 0.143. The Labute approximate surface area is 118 Å². The summed E-state index contributed by atoms with van der Waals surface area (Å²) in [6, 6.07) is 9.04. The van der Waals surface area contributed by atoms with E-state index in [1.165, 1.54) is 15.9 Å². The highest BCUT2D eigenvalue weighted by Crippen LogP contribution is 2.14. The summed E-state index contributed by atoms with van der Waals surface area (Å²) in [4.78, 5) is 23.9. The SMILES string of the molecule is Cn1c(=O)oc2ccc(CNC(=O)c3cccs3)cc21. The molecule has 0 aliphatic heterocycles. The van der Waals surface area contributed by atoms with Crippen LogP contribution in [-0.4, -0.2) is 10.5 Å². The summed E-state index contributed by atoms with van der Waals surface area (Å²) >= 11 is 1.40. The first-order valence-electron chi connectivity index (χ1n) is 6.05. The molecule has 0 fully saturated rings. The van der Waals surface area contributed by atoms with Crippen molar-refractivity contribution in [1.82, 2.24) is 9.88 Å². The van der Waals surface area contributed by atoms with E-state index in [-0.39, 0.29) is 11.7 Å². The summed E-state index contributed by atoms with van der Waals surface area (Å²) in [5.74, 6) is -0.485. The maximum Gasteiger partial charge on any atom is 0.419 e. The number of nitrogens with zero attached hydrogens (tertiary/aromatic N) is 1. The molecule has 1 amide bonds. The average molecular weight is 288 g/mol. The topological polar surface area (TPSA) is 64.2 Å². The third-order valence-electron chi connectivity index (χ3n) is 3.05. The van der Waals surface area contributed by atoms with Crippen LogP contribution < -0.4 is 11.1 Å². The lowest BCUT2D eigenvalue weighted by atomic mass is 10.2. The summed E-state index contributed by atoms with van der Waals surface area (Å²) < 4.78 is 6.50. The molecule has 1 N–H and O–H groups in total. The molecule has 0 saturated heterocycles. The van der Waals surface area contributed by atoms with Gasteiger partial charge in [0.2, 0.25) is 0 Å². The lowest BCUT2D eigenvalue weighted by molar-refractivity contribution is 0.0955. The minimum atomic E-state index is -0.389. The Morgan fingerprint density at radius 2 is 2.25 bits per heavy atom. The Morgan fingerprint density at radius 3 is 3.00 bits per heavy atom. The van der Waals surface area contributed by atoms with Crippen LogP contribution in [0.25, 0.3) is 11.1 Å². The molecule has 0 aliphatic rings. The van der Waals surface area contributed by atoms with Crippen molar-refractivity contribution in [2.75, 3.05) is 0 Å². The van der Waals surface area contributed by atoms with Crippen LogP contribution in [0.2, 0.25) is 0 Å². The quantitative estimate of drug-likeness (QED) is 0.803. The summed E-state index contributed by atoms with van der Waals surface area (Å²) in [5.41, 5.74) is 2.18. The number of carbonyl (C=O) groups is 1. The Kier molecular flexibility index (Phi) is 3.15. The largest absolute Gasteiger partial charge is 0.419 e. The summed E-state index contributed by atoms with van der Waals surface area (Å²) in [6.07, 6.45) is 0. The molecule has 102 valence electrons. The van der Waals surface area contributed by atoms with Crippen molar-refractivity contribution in [3.8, 4) is 0 Å². The van der Waals surface area contributed by atoms with Gasteiger partial charge in [-0.15, -0.1) is 11.3 Å². The number of amides is 1. The van der Waals surface area contributed by atoms with E-state index in [4.69, 9.17) is 4.42 Å². The molecule has 3 rings (SSSR count). The van der Waals surface area contributed by atoms with Crippen LogP contribution in [0, 0.1) is 0 Å². The minimum absolute atomic E-state index is 0.0961. The van der Waals surface area contributed by atoms with E-state index in [9.17, 15) is 9.59 Å². The van der Waals surface area contributed by atoms with E-state index in [0.717, 1.165) is 11.1 Å². The molecule has 0 spiro atoms. The number of aromatic nitrogens is 1. The van der Waals surface area contributed by atoms with Gasteiger partial charge >= 0.3 is 5.76 Å². The van der Waals surface area contributed by atoms with Crippen LogP contribution in [0.4, 0.5) is 0 Å². The maximum absolute atomic E-state index is 11.8. The molecule has 2 aromatic heterocycles. The molecule has 0 bridgehead atoms. The van der Waals surface area contributed by atoms with Crippen molar-refractivity contribution in [2.45, 2.75) is 6.54 Å². The number of thiophene rings is 1. The predicted octanol–water partition coefficient (Wildman–Crippen LogP) is 2.12. The highest BCUT2D eigenvalue weighted by Gasteiger charge is 2.08. The molecule has 5 nitrogen and oxygen atoms in total. The van der Waals surface area contributed by atoms with E-state index in [2.05, 4.69) is 5.32 Å². The first kappa shape index (κ1) is 12.7. The number of nitrogens with one attached hydrogen (secondary N) is 1. The van der Waals surface area contributed by atoms with E-state index in [0.29, 0.717) is 17.0 Å². The molecule has 0 aliphatic carbocycles. The molecular weight excluding hydrogens is 276 g/mol. The van der Waals surface area contributed by atoms with Gasteiger partial charge in [-0.1, -0.05) is 12.1 Å². The summed E-state index contributed by atoms with van der Waals surface area (Å²) in [5, 5.41) is 4.71. The molecule has 0 unspecified atom stereocenters. The minimum Gasteiger partial charge on any atom is -0.408 e. The van der Waals surface area contributed by atoms with Crippen LogP contribution in [-0.2, 0) is 13.6 Å². The van der Waals surface area contributed by atoms with Crippen molar-refractivity contribution in [1.29, 1.82) is 0 Å². The van der Waals surface area contributed by atoms with Gasteiger partial charge in [-0.2, -0.15) is 0 Å². The van der Waals surface area contributed by atoms with Crippen molar-refractivity contribution in [2.24, 2.45) is 7.05 Å². The Balaban J connectivity index is 1.79. The van der Waals surface area contributed by atoms with Gasteiger partial charge in [-0.25, -0.2) is 4.79 Å². The highest BCUT2D eigenvalue weighted by atomic mass is 32.1. The van der Waals surface area contributed by atoms with Crippen LogP contribution >= 0.6 is 11.3 Å². The molecule has 6 heteroatoms. The standard InChI is InChI=1S/C14H12N2O3S/c1-16-10-7-9(4-5-11(10)19-14(16)18)8-15-13(17)12-3-2-6-20-12/h2-7H,8H2,1H3,(H,15,17). The zero-order valence-electron chi connectivity index (χ0n) is 10.8. The lowest BCUT2D eigenvalue weighted by Gasteiger charge is -2.04. The smallest absolute Gasteiger partial charge is 0.408 e. The number of benzene rings is 1. The van der Waals surface area contributed by atoms with Crippen molar-refractivity contribution in [3.63, 3.8) is 0 Å². The number of oxazole rings is 1. The van der Waals surface area contributed by atoms with Gasteiger partial charge in [0.1, 0.15) is 0 Å². The summed E-state index contributed by atoms with van der Waals surface area (Å²) in [6.45, 7) is 0.409. The molecule has 3 aromatic rings. The second-order valence-electron chi connectivity index (χ2n) is 4.39. The van der Waals surface area contributed by atoms with Gasteiger partial charge in [0, 0.05) is 13.6 Å². The van der Waals surface area contributed by atoms with E-state index < -0.39 is 0 Å². The Morgan fingerprint density at radius 1 is 1.40 bits per heavy atom. The molecule has 0 atom stereocenters. The average Bonchev–Trinajstić information content (AvgIpc) is 3.07. The molecule has 0 radical (unpaired) electrons. The van der Waals surface area contributed by atoms with Crippen LogP contribution in [0.5, 0.6) is 0 Å². The number of rotatable bonds is 3. The fourth-order valence-electron chi connectivity index (χ4n) is 1.96. The number of hydrogen-bond donors (Lipinski definition) is 1. The van der Waals surface area contributed by atoms with Gasteiger partial charge < -0.3 is 9.73 Å². The summed E-state index contributed by atoms with van der Waals surface area (Å²) in [7, 11) is 1.65. The van der Waals surface area contributed by atoms with E-state index in [1.54, 1.807) is 19.2 Å². The fourth-order valence-corrected chi connectivity index (χ4v) is 2.60. The third-order valence-corrected chi connectivity index (χ3v) is 3.92. The number of fused-ring (bicyclic) bond motifs is 1. The number of carbonyl (C=O) groups excluding carboxylic acids is 1. The molecule has 2 heterocycles. The number of aryl methyl sites for hydroxylation is 1. The molecule has 20 heavy (non-hydrogen) atoms. The molecule has 0 saturated carbocycles. The van der Waals surface area contributed by atoms with E-state index in [1.807, 2.05) is 23.6 Å². The predicted molar refractivity (Wildman–Crippen MR) is 76.9 cm³/mol. The Hall–Kier alpha value is -2.34. The molecular formula is C14H12N2O3S. The van der Waals surface area contributed by atoms with Crippen LogP contribution in [0.15, 0.2) is 44.9 Å². The highest BCUT2D eigenvalue weighted by molar-refractivity contribution is 7.12. The zero-order valence-corrected chi connectivity index (χ0v) is 11.6. The molecule has 1 aromatic carbocycles. The lowest BCUT2D eigenvalue weighted by Crippen LogP contribution is -2.21. The van der Waals surface area contributed by atoms with Gasteiger partial charge in [-0.05, 0) is 29.1 Å². The van der Waals surface area contributed by atoms with Gasteiger partial charge in [-0.3, -0.25) is 9.36 Å². The van der Waals surface area contributed by atoms with Gasteiger partial charge in [0.25, 0.3) is 5.91 Å². The first-order chi connectivity index (χ1) is 9.65. The van der Waals surface area contributed by atoms with Crippen molar-refractivity contribution < 1.29 is 9.21 Å². The van der Waals surface area contributed by atoms with Gasteiger partial charge in [0.15, 0.2) is 5.58 Å². The maximum atomic E-state index is 11.8. The van der Waals surface area contributed by atoms with Crippen LogP contribution in [0.3, 0.4) is 0 Å². The second-order valence-corrected chi connectivity index (χ2v) is 5.34. The Bertz CT molecular complexity index is 815. The number of hydrogen-bond acceptors (Lipinski definition) is 4. The second kappa shape index (κ2) is 4.97. The van der Waals surface area contributed by atoms with Crippen molar-refractivity contribution >= 4 is 28.3 Å². The first-order valence-corrected chi connectivity index (χ1v) is 6.93. The normalized spacial score (nSPS) is 10.8. The zero-order chi connectivity index (χ0) is 14.1. The van der Waals surface area contributed by atoms with Crippen molar-refractivity contribution in [3.05, 3.63) is 56.7 Å². The van der Waals surface area contributed by atoms with Gasteiger partial charge in [0.05, 0.1) is 10.4 Å². The third kappa shape index (κ3) is 2.25. The van der Waals surface area contributed by atoms with E-state index >= 15 is 0 Å².